The molecule has 11 rings (SSSR count). The number of rotatable bonds is 10. The fraction of sp³-hybridized carbons (Fsp3) is 0. The highest BCUT2D eigenvalue weighted by atomic mass is 14.8. The van der Waals surface area contributed by atoms with Gasteiger partial charge in [0.2, 0.25) is 0 Å². The Bertz CT molecular complexity index is 3090. The molecule has 0 aliphatic carbocycles. The smallest absolute Gasteiger partial charge is 0.0717 e. The Labute approximate surface area is 385 Å². The second-order valence-corrected chi connectivity index (χ2v) is 16.3. The van der Waals surface area contributed by atoms with Crippen LogP contribution in [0.15, 0.2) is 255 Å². The molecule has 0 amide bonds. The molecule has 7 aromatic carbocycles. The lowest BCUT2D eigenvalue weighted by Gasteiger charge is -2.15. The Kier molecular flexibility index (Phi) is 10.9. The molecule has 0 unspecified atom stereocenters. The summed E-state index contributed by atoms with van der Waals surface area (Å²) in [6.07, 6.45) is 0. The van der Waals surface area contributed by atoms with Gasteiger partial charge in [0.15, 0.2) is 0 Å². The lowest BCUT2D eigenvalue weighted by Crippen LogP contribution is -1.95. The molecule has 0 saturated heterocycles. The Hall–Kier alpha value is -8.86. The molecule has 4 heteroatoms. The van der Waals surface area contributed by atoms with Crippen LogP contribution in [0.4, 0.5) is 0 Å². The quantitative estimate of drug-likeness (QED) is 0.138. The molecular weight excluding hydrogens is 801 g/mol. The summed E-state index contributed by atoms with van der Waals surface area (Å²) in [6, 6.07) is 88.6. The highest BCUT2D eigenvalue weighted by Crippen LogP contribution is 2.38. The third kappa shape index (κ3) is 8.59. The first kappa shape index (κ1) is 40.0. The molecule has 0 N–H and O–H groups in total. The Morgan fingerprint density at radius 3 is 0.545 bits per heavy atom. The average Bonchev–Trinajstić information content (AvgIpc) is 3.42. The van der Waals surface area contributed by atoms with Crippen molar-refractivity contribution >= 4 is 0 Å². The van der Waals surface area contributed by atoms with Crippen LogP contribution in [-0.4, -0.2) is 19.9 Å². The summed E-state index contributed by atoms with van der Waals surface area (Å²) in [4.78, 5) is 21.0. The van der Waals surface area contributed by atoms with E-state index in [1.165, 1.54) is 0 Å². The van der Waals surface area contributed by atoms with E-state index < -0.39 is 0 Å². The highest BCUT2D eigenvalue weighted by molar-refractivity contribution is 5.85. The fourth-order valence-corrected chi connectivity index (χ4v) is 8.47. The zero-order chi connectivity index (χ0) is 44.1. The van der Waals surface area contributed by atoms with Crippen LogP contribution >= 0.6 is 0 Å². The van der Waals surface area contributed by atoms with Crippen LogP contribution < -0.4 is 0 Å². The summed E-state index contributed by atoms with van der Waals surface area (Å²) in [7, 11) is 0. The van der Waals surface area contributed by atoms with E-state index in [4.69, 9.17) is 19.9 Å². The first-order valence-corrected chi connectivity index (χ1v) is 22.2. The molecular formula is C62H42N4. The van der Waals surface area contributed by atoms with Gasteiger partial charge in [-0.25, -0.2) is 19.9 Å². The van der Waals surface area contributed by atoms with E-state index in [0.29, 0.717) is 0 Å². The van der Waals surface area contributed by atoms with E-state index in [-0.39, 0.29) is 0 Å². The first-order chi connectivity index (χ1) is 32.7. The predicted octanol–water partition coefficient (Wildman–Crippen LogP) is 15.9. The molecule has 0 atom stereocenters. The molecule has 0 bridgehead atoms. The lowest BCUT2D eigenvalue weighted by atomic mass is 9.94. The number of pyridine rings is 4. The van der Waals surface area contributed by atoms with Gasteiger partial charge in [0.1, 0.15) is 0 Å². The normalized spacial score (nSPS) is 11.0. The van der Waals surface area contributed by atoms with E-state index in [1.807, 2.05) is 36.4 Å². The van der Waals surface area contributed by atoms with Crippen LogP contribution in [-0.2, 0) is 0 Å². The summed E-state index contributed by atoms with van der Waals surface area (Å²) >= 11 is 0. The van der Waals surface area contributed by atoms with Crippen LogP contribution in [0.2, 0.25) is 0 Å². The monoisotopic (exact) mass is 842 g/mol. The molecule has 0 spiro atoms. The van der Waals surface area contributed by atoms with Crippen molar-refractivity contribution in [1.82, 2.24) is 19.9 Å². The van der Waals surface area contributed by atoms with Crippen molar-refractivity contribution in [2.45, 2.75) is 0 Å². The molecule has 0 fully saturated rings. The van der Waals surface area contributed by atoms with E-state index in [9.17, 15) is 0 Å². The van der Waals surface area contributed by atoms with Gasteiger partial charge in [-0.2, -0.15) is 0 Å². The fourth-order valence-electron chi connectivity index (χ4n) is 8.47. The van der Waals surface area contributed by atoms with Crippen molar-refractivity contribution in [2.75, 3.05) is 0 Å². The second kappa shape index (κ2) is 18.1. The number of nitrogens with zero attached hydrogens (tertiary/aromatic N) is 4. The molecule has 66 heavy (non-hydrogen) atoms. The SMILES string of the molecule is c1ccc(-c2cc(-c3cccc(-c4cc(-c5ccccc5)nc(-c5cc(-c6ccccc6)nc(-c6ccccc6)c5)c4)c3)cc(-c3cc(-c4ccccc4)nc(-c4ccccc4)c3)n2)cc1. The third-order valence-electron chi connectivity index (χ3n) is 11.8. The first-order valence-electron chi connectivity index (χ1n) is 22.2. The molecule has 0 saturated carbocycles. The summed E-state index contributed by atoms with van der Waals surface area (Å²) < 4.78 is 0. The summed E-state index contributed by atoms with van der Waals surface area (Å²) in [5.41, 5.74) is 19.7. The van der Waals surface area contributed by atoms with Gasteiger partial charge in [-0.15, -0.1) is 0 Å². The van der Waals surface area contributed by atoms with E-state index >= 15 is 0 Å². The Balaban J connectivity index is 1.07. The van der Waals surface area contributed by atoms with Gasteiger partial charge >= 0.3 is 0 Å². The minimum atomic E-state index is 0.868. The molecule has 0 aliphatic rings. The molecule has 4 heterocycles. The summed E-state index contributed by atoms with van der Waals surface area (Å²) in [5, 5.41) is 0. The van der Waals surface area contributed by atoms with Gasteiger partial charge in [-0.1, -0.05) is 200 Å². The predicted molar refractivity (Wildman–Crippen MR) is 272 cm³/mol. The van der Waals surface area contributed by atoms with E-state index in [2.05, 4.69) is 218 Å². The van der Waals surface area contributed by atoms with Crippen molar-refractivity contribution in [3.8, 4) is 112 Å². The van der Waals surface area contributed by atoms with Gasteiger partial charge in [-0.3, -0.25) is 0 Å². The van der Waals surface area contributed by atoms with Crippen LogP contribution in [0.25, 0.3) is 112 Å². The van der Waals surface area contributed by atoms with Crippen molar-refractivity contribution in [1.29, 1.82) is 0 Å². The number of aromatic nitrogens is 4. The lowest BCUT2D eigenvalue weighted by molar-refractivity contribution is 1.28. The van der Waals surface area contributed by atoms with Crippen LogP contribution in [0.3, 0.4) is 0 Å². The Morgan fingerprint density at radius 2 is 0.318 bits per heavy atom. The largest absolute Gasteiger partial charge is 0.248 e. The Morgan fingerprint density at radius 1 is 0.136 bits per heavy atom. The van der Waals surface area contributed by atoms with Crippen molar-refractivity contribution < 1.29 is 0 Å². The zero-order valence-corrected chi connectivity index (χ0v) is 36.0. The maximum Gasteiger partial charge on any atom is 0.0717 e. The van der Waals surface area contributed by atoms with Crippen LogP contribution in [0.1, 0.15) is 0 Å². The van der Waals surface area contributed by atoms with Gasteiger partial charge in [0.05, 0.1) is 45.6 Å². The number of hydrogen-bond acceptors (Lipinski definition) is 4. The van der Waals surface area contributed by atoms with Gasteiger partial charge in [0.25, 0.3) is 0 Å². The van der Waals surface area contributed by atoms with Gasteiger partial charge < -0.3 is 0 Å². The molecule has 0 radical (unpaired) electrons. The average molecular weight is 843 g/mol. The maximum absolute atomic E-state index is 5.36. The topological polar surface area (TPSA) is 51.6 Å². The molecule has 0 aliphatic heterocycles. The summed E-state index contributed by atoms with van der Waals surface area (Å²) in [5.74, 6) is 0. The molecule has 4 nitrogen and oxygen atoms in total. The van der Waals surface area contributed by atoms with Crippen molar-refractivity contribution in [3.63, 3.8) is 0 Å². The van der Waals surface area contributed by atoms with Gasteiger partial charge in [0, 0.05) is 44.5 Å². The summed E-state index contributed by atoms with van der Waals surface area (Å²) in [6.45, 7) is 0. The van der Waals surface area contributed by atoms with Gasteiger partial charge in [-0.05, 0) is 76.9 Å². The zero-order valence-electron chi connectivity index (χ0n) is 36.0. The van der Waals surface area contributed by atoms with E-state index in [0.717, 1.165) is 112 Å². The standard InChI is InChI=1S/C62H42N4/c1-7-20-43(21-8-1)55-35-51(37-61(65-55)53-39-57(45-24-11-3-12-25-45)63-58(40-53)46-26-13-4-14-27-46)49-32-19-33-50(34-49)52-36-56(44-22-9-2-10-23-44)66-62(38-52)54-41-59(47-28-15-5-16-29-47)64-60(42-54)48-30-17-6-18-31-48/h1-42H. The molecule has 4 aromatic heterocycles. The highest BCUT2D eigenvalue weighted by Gasteiger charge is 2.17. The molecule has 11 aromatic rings. The number of hydrogen-bond donors (Lipinski definition) is 0. The number of benzene rings is 7. The van der Waals surface area contributed by atoms with Crippen molar-refractivity contribution in [3.05, 3.63) is 255 Å². The van der Waals surface area contributed by atoms with Crippen LogP contribution in [0, 0.1) is 0 Å². The third-order valence-corrected chi connectivity index (χ3v) is 11.8. The van der Waals surface area contributed by atoms with Crippen LogP contribution in [0.5, 0.6) is 0 Å². The van der Waals surface area contributed by atoms with Crippen molar-refractivity contribution in [2.24, 2.45) is 0 Å². The molecule has 310 valence electrons. The maximum atomic E-state index is 5.36. The minimum absolute atomic E-state index is 0.868. The second-order valence-electron chi connectivity index (χ2n) is 16.3. The minimum Gasteiger partial charge on any atom is -0.248 e. The van der Waals surface area contributed by atoms with E-state index in [1.54, 1.807) is 0 Å².